The minimum Gasteiger partial charge on any atom is -0.489 e. The Kier molecular flexibility index (Phi) is 5.65. The standard InChI is InChI=1S/C21H18O6S/c1-28(24,25)20-9-7-17(8-10-20)27-19-12-16(21(22)23)11-18(13-19)26-14-15-5-3-2-4-6-15/h2-13H,14H2,1H3,(H,22,23). The van der Waals surface area contributed by atoms with E-state index in [2.05, 4.69) is 0 Å². The van der Waals surface area contributed by atoms with Crippen molar-refractivity contribution in [2.24, 2.45) is 0 Å². The summed E-state index contributed by atoms with van der Waals surface area (Å²) in [6.07, 6.45) is 1.12. The zero-order valence-electron chi connectivity index (χ0n) is 15.0. The van der Waals surface area contributed by atoms with Gasteiger partial charge in [0.25, 0.3) is 0 Å². The lowest BCUT2D eigenvalue weighted by Gasteiger charge is -2.11. The molecule has 0 aromatic heterocycles. The van der Waals surface area contributed by atoms with Gasteiger partial charge in [-0.15, -0.1) is 0 Å². The van der Waals surface area contributed by atoms with Gasteiger partial charge in [-0.05, 0) is 42.0 Å². The highest BCUT2D eigenvalue weighted by molar-refractivity contribution is 7.90. The molecule has 1 N–H and O–H groups in total. The Morgan fingerprint density at radius 3 is 2.14 bits per heavy atom. The topological polar surface area (TPSA) is 89.9 Å². The molecule has 0 heterocycles. The van der Waals surface area contributed by atoms with Crippen molar-refractivity contribution in [3.63, 3.8) is 0 Å². The van der Waals surface area contributed by atoms with Crippen LogP contribution in [0.1, 0.15) is 15.9 Å². The second-order valence-corrected chi connectivity index (χ2v) is 8.13. The molecule has 144 valence electrons. The lowest BCUT2D eigenvalue weighted by Crippen LogP contribution is -2.01. The molecule has 0 aliphatic carbocycles. The Bertz CT molecular complexity index is 1070. The zero-order chi connectivity index (χ0) is 20.1. The fraction of sp³-hybridized carbons (Fsp3) is 0.0952. The number of hydrogen-bond donors (Lipinski definition) is 1. The van der Waals surface area contributed by atoms with Crippen LogP contribution in [0.2, 0.25) is 0 Å². The smallest absolute Gasteiger partial charge is 0.335 e. The van der Waals surface area contributed by atoms with Crippen LogP contribution in [0.5, 0.6) is 17.2 Å². The van der Waals surface area contributed by atoms with E-state index in [9.17, 15) is 18.3 Å². The van der Waals surface area contributed by atoms with E-state index in [1.165, 1.54) is 36.4 Å². The third-order valence-electron chi connectivity index (χ3n) is 3.86. The summed E-state index contributed by atoms with van der Waals surface area (Å²) in [4.78, 5) is 11.6. The molecular weight excluding hydrogens is 380 g/mol. The SMILES string of the molecule is CS(=O)(=O)c1ccc(Oc2cc(OCc3ccccc3)cc(C(=O)O)c2)cc1. The average Bonchev–Trinajstić information content (AvgIpc) is 2.67. The van der Waals surface area contributed by atoms with Crippen LogP contribution in [0.4, 0.5) is 0 Å². The van der Waals surface area contributed by atoms with Gasteiger partial charge in [0.2, 0.25) is 0 Å². The van der Waals surface area contributed by atoms with E-state index in [1.807, 2.05) is 30.3 Å². The summed E-state index contributed by atoms with van der Waals surface area (Å²) in [7, 11) is -3.30. The maximum atomic E-state index is 11.5. The Hall–Kier alpha value is -3.32. The normalized spacial score (nSPS) is 11.0. The highest BCUT2D eigenvalue weighted by Gasteiger charge is 2.11. The highest BCUT2D eigenvalue weighted by atomic mass is 32.2. The Morgan fingerprint density at radius 1 is 0.893 bits per heavy atom. The molecule has 3 rings (SSSR count). The number of benzene rings is 3. The first-order valence-electron chi connectivity index (χ1n) is 8.34. The number of carboxylic acids is 1. The van der Waals surface area contributed by atoms with Gasteiger partial charge >= 0.3 is 5.97 Å². The first kappa shape index (κ1) is 19.4. The van der Waals surface area contributed by atoms with Crippen LogP contribution in [-0.2, 0) is 16.4 Å². The maximum Gasteiger partial charge on any atom is 0.335 e. The summed E-state index contributed by atoms with van der Waals surface area (Å²) < 4.78 is 34.5. The first-order valence-corrected chi connectivity index (χ1v) is 10.2. The zero-order valence-corrected chi connectivity index (χ0v) is 15.8. The number of rotatable bonds is 7. The van der Waals surface area contributed by atoms with Crippen LogP contribution >= 0.6 is 0 Å². The van der Waals surface area contributed by atoms with Gasteiger partial charge in [-0.25, -0.2) is 13.2 Å². The maximum absolute atomic E-state index is 11.5. The van der Waals surface area contributed by atoms with Crippen LogP contribution in [0.15, 0.2) is 77.7 Å². The quantitative estimate of drug-likeness (QED) is 0.643. The van der Waals surface area contributed by atoms with Crippen molar-refractivity contribution < 1.29 is 27.8 Å². The third kappa shape index (κ3) is 5.11. The lowest BCUT2D eigenvalue weighted by molar-refractivity contribution is 0.0696. The average molecular weight is 398 g/mol. The minimum atomic E-state index is -3.30. The molecule has 0 radical (unpaired) electrons. The molecule has 0 aliphatic rings. The van der Waals surface area contributed by atoms with E-state index in [-0.39, 0.29) is 22.8 Å². The van der Waals surface area contributed by atoms with Gasteiger partial charge in [0.1, 0.15) is 23.9 Å². The van der Waals surface area contributed by atoms with E-state index >= 15 is 0 Å². The molecule has 7 heteroatoms. The molecule has 0 bridgehead atoms. The number of ether oxygens (including phenoxy) is 2. The summed E-state index contributed by atoms with van der Waals surface area (Å²) >= 11 is 0. The summed E-state index contributed by atoms with van der Waals surface area (Å²) in [5.41, 5.74) is 0.968. The molecule has 28 heavy (non-hydrogen) atoms. The van der Waals surface area contributed by atoms with Gasteiger partial charge in [0, 0.05) is 12.3 Å². The van der Waals surface area contributed by atoms with Gasteiger partial charge in [0.15, 0.2) is 9.84 Å². The Morgan fingerprint density at radius 2 is 1.54 bits per heavy atom. The van der Waals surface area contributed by atoms with E-state index in [1.54, 1.807) is 6.07 Å². The molecule has 3 aromatic rings. The predicted molar refractivity (Wildman–Crippen MR) is 104 cm³/mol. The number of aromatic carboxylic acids is 1. The number of carboxylic acid groups (broad SMARTS) is 1. The molecule has 0 saturated carbocycles. The monoisotopic (exact) mass is 398 g/mol. The van der Waals surface area contributed by atoms with Crippen molar-refractivity contribution in [2.75, 3.05) is 6.26 Å². The van der Waals surface area contributed by atoms with Gasteiger partial charge < -0.3 is 14.6 Å². The van der Waals surface area contributed by atoms with Gasteiger partial charge in [-0.2, -0.15) is 0 Å². The van der Waals surface area contributed by atoms with Crippen LogP contribution < -0.4 is 9.47 Å². The minimum absolute atomic E-state index is 0.0216. The Balaban J connectivity index is 1.81. The molecule has 0 saturated heterocycles. The van der Waals surface area contributed by atoms with Gasteiger partial charge in [-0.1, -0.05) is 30.3 Å². The van der Waals surface area contributed by atoms with E-state index < -0.39 is 15.8 Å². The Labute approximate surface area is 162 Å². The summed E-state index contributed by atoms with van der Waals surface area (Å²) in [5, 5.41) is 9.33. The summed E-state index contributed by atoms with van der Waals surface area (Å²) in [6, 6.07) is 19.7. The van der Waals surface area contributed by atoms with E-state index in [0.29, 0.717) is 11.5 Å². The molecule has 0 atom stereocenters. The number of hydrogen-bond acceptors (Lipinski definition) is 5. The van der Waals surface area contributed by atoms with Crippen molar-refractivity contribution in [1.82, 2.24) is 0 Å². The van der Waals surface area contributed by atoms with Crippen LogP contribution in [0.25, 0.3) is 0 Å². The van der Waals surface area contributed by atoms with Crippen LogP contribution in [-0.4, -0.2) is 25.7 Å². The molecule has 0 fully saturated rings. The van der Waals surface area contributed by atoms with Crippen molar-refractivity contribution in [2.45, 2.75) is 11.5 Å². The van der Waals surface area contributed by atoms with Crippen LogP contribution in [0, 0.1) is 0 Å². The van der Waals surface area contributed by atoms with Crippen molar-refractivity contribution in [1.29, 1.82) is 0 Å². The molecule has 0 spiro atoms. The second kappa shape index (κ2) is 8.14. The molecular formula is C21H18O6S. The largest absolute Gasteiger partial charge is 0.489 e. The van der Waals surface area contributed by atoms with Gasteiger partial charge in [-0.3, -0.25) is 0 Å². The van der Waals surface area contributed by atoms with E-state index in [4.69, 9.17) is 9.47 Å². The fourth-order valence-corrected chi connectivity index (χ4v) is 3.10. The first-order chi connectivity index (χ1) is 13.3. The summed E-state index contributed by atoms with van der Waals surface area (Å²) in [6.45, 7) is 0.284. The van der Waals surface area contributed by atoms with E-state index in [0.717, 1.165) is 11.8 Å². The number of carbonyl (C=O) groups is 1. The lowest BCUT2D eigenvalue weighted by atomic mass is 10.2. The molecule has 6 nitrogen and oxygen atoms in total. The highest BCUT2D eigenvalue weighted by Crippen LogP contribution is 2.29. The molecule has 0 amide bonds. The number of sulfone groups is 1. The second-order valence-electron chi connectivity index (χ2n) is 6.12. The van der Waals surface area contributed by atoms with Crippen LogP contribution in [0.3, 0.4) is 0 Å². The van der Waals surface area contributed by atoms with Gasteiger partial charge in [0.05, 0.1) is 10.5 Å². The third-order valence-corrected chi connectivity index (χ3v) is 4.99. The molecule has 0 unspecified atom stereocenters. The van der Waals surface area contributed by atoms with Crippen molar-refractivity contribution >= 4 is 15.8 Å². The van der Waals surface area contributed by atoms with Crippen molar-refractivity contribution in [3.8, 4) is 17.2 Å². The predicted octanol–water partition coefficient (Wildman–Crippen LogP) is 4.16. The molecule has 3 aromatic carbocycles. The summed E-state index contributed by atoms with van der Waals surface area (Å²) in [5.74, 6) is -0.104. The fourth-order valence-electron chi connectivity index (χ4n) is 2.47. The molecule has 0 aliphatic heterocycles. The van der Waals surface area contributed by atoms with Crippen molar-refractivity contribution in [3.05, 3.63) is 83.9 Å².